The molecule has 0 saturated carbocycles. The Balaban J connectivity index is 2.17. The molecule has 0 amide bonds. The molecule has 5 heteroatoms. The van der Waals surface area contributed by atoms with Crippen molar-refractivity contribution in [2.45, 2.75) is 64.1 Å². The highest BCUT2D eigenvalue weighted by Crippen LogP contribution is 2.62. The van der Waals surface area contributed by atoms with Gasteiger partial charge >= 0.3 is 5.97 Å². The summed E-state index contributed by atoms with van der Waals surface area (Å²) in [6, 6.07) is 30.2. The first-order valence-electron chi connectivity index (χ1n) is 13.2. The minimum absolute atomic E-state index is 0.121. The van der Waals surface area contributed by atoms with Crippen LogP contribution in [0.3, 0.4) is 0 Å². The lowest BCUT2D eigenvalue weighted by Gasteiger charge is -2.44. The van der Waals surface area contributed by atoms with Gasteiger partial charge in [-0.05, 0) is 49.3 Å². The molecule has 0 aliphatic rings. The standard InChI is InChI=1S/C32H41O4P/c1-6-26(3)23-32(28-19-13-9-14-20-28,29-21-15-10-16-22-29)25-31(4,37(5,34)36-7-2)30(33)35-24-27-17-11-8-12-18-27/h8-22,26H,6-7,23-25H2,1-5H3. The maximum Gasteiger partial charge on any atom is 0.322 e. The van der Waals surface area contributed by atoms with E-state index in [1.165, 1.54) is 0 Å². The van der Waals surface area contributed by atoms with Crippen molar-refractivity contribution in [2.24, 2.45) is 5.92 Å². The van der Waals surface area contributed by atoms with Crippen LogP contribution >= 0.6 is 7.37 Å². The number of benzene rings is 3. The summed E-state index contributed by atoms with van der Waals surface area (Å²) >= 11 is 0. The van der Waals surface area contributed by atoms with Gasteiger partial charge in [0.25, 0.3) is 0 Å². The van der Waals surface area contributed by atoms with Gasteiger partial charge in [-0.1, -0.05) is 111 Å². The van der Waals surface area contributed by atoms with Crippen molar-refractivity contribution in [3.05, 3.63) is 108 Å². The Morgan fingerprint density at radius 2 is 1.35 bits per heavy atom. The lowest BCUT2D eigenvalue weighted by Crippen LogP contribution is -2.46. The lowest BCUT2D eigenvalue weighted by atomic mass is 9.64. The van der Waals surface area contributed by atoms with Gasteiger partial charge in [-0.15, -0.1) is 0 Å². The summed E-state index contributed by atoms with van der Waals surface area (Å²) in [5, 5.41) is -1.36. The highest BCUT2D eigenvalue weighted by Gasteiger charge is 2.55. The fraction of sp³-hybridized carbons (Fsp3) is 0.406. The molecule has 0 heterocycles. The van der Waals surface area contributed by atoms with Crippen LogP contribution in [0.1, 0.15) is 63.6 Å². The van der Waals surface area contributed by atoms with E-state index in [4.69, 9.17) is 9.26 Å². The minimum Gasteiger partial charge on any atom is -0.460 e. The largest absolute Gasteiger partial charge is 0.460 e. The molecule has 0 aliphatic carbocycles. The van der Waals surface area contributed by atoms with E-state index in [2.05, 4.69) is 38.1 Å². The van der Waals surface area contributed by atoms with Gasteiger partial charge in [0.15, 0.2) is 0 Å². The molecule has 4 nitrogen and oxygen atoms in total. The second-order valence-corrected chi connectivity index (χ2v) is 13.2. The molecule has 3 unspecified atom stereocenters. The zero-order chi connectivity index (χ0) is 26.9. The first-order valence-corrected chi connectivity index (χ1v) is 15.3. The first kappa shape index (κ1) is 28.9. The topological polar surface area (TPSA) is 52.6 Å². The first-order chi connectivity index (χ1) is 17.7. The van der Waals surface area contributed by atoms with Crippen LogP contribution in [0.15, 0.2) is 91.0 Å². The summed E-state index contributed by atoms with van der Waals surface area (Å²) in [5.41, 5.74) is 2.51. The van der Waals surface area contributed by atoms with Crippen LogP contribution in [0.25, 0.3) is 0 Å². The van der Waals surface area contributed by atoms with Crippen molar-refractivity contribution >= 4 is 13.3 Å². The van der Waals surface area contributed by atoms with Crippen LogP contribution in [0.4, 0.5) is 0 Å². The molecular weight excluding hydrogens is 479 g/mol. The van der Waals surface area contributed by atoms with Crippen molar-refractivity contribution < 1.29 is 18.6 Å². The molecule has 0 bridgehead atoms. The second-order valence-electron chi connectivity index (χ2n) is 10.3. The quantitative estimate of drug-likeness (QED) is 0.168. The van der Waals surface area contributed by atoms with Gasteiger partial charge in [0.2, 0.25) is 7.37 Å². The molecule has 3 rings (SSSR count). The summed E-state index contributed by atoms with van der Waals surface area (Å²) < 4.78 is 26.0. The van der Waals surface area contributed by atoms with E-state index in [1.54, 1.807) is 13.6 Å². The normalized spacial score (nSPS) is 15.8. The average molecular weight is 521 g/mol. The monoisotopic (exact) mass is 520 g/mol. The predicted molar refractivity (Wildman–Crippen MR) is 152 cm³/mol. The molecule has 0 radical (unpaired) electrons. The van der Waals surface area contributed by atoms with E-state index in [-0.39, 0.29) is 13.2 Å². The van der Waals surface area contributed by atoms with Crippen LogP contribution in [0.5, 0.6) is 0 Å². The highest BCUT2D eigenvalue weighted by atomic mass is 31.2. The lowest BCUT2D eigenvalue weighted by molar-refractivity contribution is -0.148. The average Bonchev–Trinajstić information content (AvgIpc) is 2.92. The van der Waals surface area contributed by atoms with Crippen LogP contribution < -0.4 is 0 Å². The number of ether oxygens (including phenoxy) is 1. The SMILES string of the molecule is CCOP(C)(=O)C(C)(CC(CC(C)CC)(c1ccccc1)c1ccccc1)C(=O)OCc1ccccc1. The van der Waals surface area contributed by atoms with E-state index in [0.717, 1.165) is 29.5 Å². The molecule has 198 valence electrons. The van der Waals surface area contributed by atoms with Gasteiger partial charge in [-0.2, -0.15) is 0 Å². The van der Waals surface area contributed by atoms with Gasteiger partial charge in [0, 0.05) is 12.1 Å². The molecule has 0 spiro atoms. The third-order valence-corrected chi connectivity index (χ3v) is 10.5. The molecule has 0 aromatic heterocycles. The Kier molecular flexibility index (Phi) is 9.93. The molecule has 0 aliphatic heterocycles. The van der Waals surface area contributed by atoms with E-state index < -0.39 is 23.9 Å². The third kappa shape index (κ3) is 6.61. The number of esters is 1. The predicted octanol–water partition coefficient (Wildman–Crippen LogP) is 8.25. The Morgan fingerprint density at radius 1 is 0.865 bits per heavy atom. The fourth-order valence-electron chi connectivity index (χ4n) is 5.17. The van der Waals surface area contributed by atoms with Crippen LogP contribution in [0.2, 0.25) is 0 Å². The van der Waals surface area contributed by atoms with Gasteiger partial charge in [-0.25, -0.2) is 0 Å². The molecular formula is C32H41O4P. The summed E-state index contributed by atoms with van der Waals surface area (Å²) in [6.45, 7) is 9.97. The number of rotatable bonds is 13. The molecule has 0 saturated heterocycles. The summed E-state index contributed by atoms with van der Waals surface area (Å²) in [5.74, 6) is -0.121. The number of hydrogen-bond donors (Lipinski definition) is 0. The van der Waals surface area contributed by atoms with Crippen molar-refractivity contribution in [3.8, 4) is 0 Å². The summed E-state index contributed by atoms with van der Waals surface area (Å²) in [4.78, 5) is 14.0. The Morgan fingerprint density at radius 3 is 1.81 bits per heavy atom. The summed E-state index contributed by atoms with van der Waals surface area (Å²) in [7, 11) is -3.46. The van der Waals surface area contributed by atoms with Gasteiger partial charge < -0.3 is 9.26 Å². The number of hydrogen-bond acceptors (Lipinski definition) is 4. The van der Waals surface area contributed by atoms with Crippen LogP contribution in [-0.2, 0) is 30.6 Å². The van der Waals surface area contributed by atoms with Crippen LogP contribution in [-0.4, -0.2) is 24.4 Å². The van der Waals surface area contributed by atoms with E-state index >= 15 is 0 Å². The zero-order valence-corrected chi connectivity index (χ0v) is 23.7. The molecule has 37 heavy (non-hydrogen) atoms. The van der Waals surface area contributed by atoms with Gasteiger partial charge in [-0.3, -0.25) is 9.36 Å². The molecule has 0 N–H and O–H groups in total. The van der Waals surface area contributed by atoms with Crippen molar-refractivity contribution in [1.29, 1.82) is 0 Å². The number of carbonyl (C=O) groups excluding carboxylic acids is 1. The fourth-order valence-corrected chi connectivity index (χ4v) is 6.90. The van der Waals surface area contributed by atoms with Gasteiger partial charge in [0.1, 0.15) is 11.8 Å². The third-order valence-electron chi connectivity index (χ3n) is 7.62. The van der Waals surface area contributed by atoms with Gasteiger partial charge in [0.05, 0.1) is 6.61 Å². The zero-order valence-electron chi connectivity index (χ0n) is 22.9. The molecule has 3 aromatic carbocycles. The van der Waals surface area contributed by atoms with Crippen LogP contribution in [0, 0.1) is 5.92 Å². The smallest absolute Gasteiger partial charge is 0.322 e. The number of carbonyl (C=O) groups is 1. The van der Waals surface area contributed by atoms with E-state index in [9.17, 15) is 9.36 Å². The van der Waals surface area contributed by atoms with Crippen molar-refractivity contribution in [3.63, 3.8) is 0 Å². The Labute approximate surface area is 222 Å². The molecule has 3 aromatic rings. The Bertz CT molecular complexity index is 1120. The van der Waals surface area contributed by atoms with E-state index in [1.807, 2.05) is 73.7 Å². The van der Waals surface area contributed by atoms with E-state index in [0.29, 0.717) is 12.3 Å². The minimum atomic E-state index is -3.46. The highest BCUT2D eigenvalue weighted by molar-refractivity contribution is 7.61. The maximum atomic E-state index is 14.3. The molecule has 0 fully saturated rings. The second kappa shape index (κ2) is 12.7. The Hall–Kier alpha value is -2.68. The maximum absolute atomic E-state index is 14.3. The molecule has 3 atom stereocenters. The van der Waals surface area contributed by atoms with Crippen molar-refractivity contribution in [2.75, 3.05) is 13.3 Å². The summed E-state index contributed by atoms with van der Waals surface area (Å²) in [6.07, 6.45) is 2.09. The van der Waals surface area contributed by atoms with Crippen molar-refractivity contribution in [1.82, 2.24) is 0 Å².